The van der Waals surface area contributed by atoms with Gasteiger partial charge in [-0.2, -0.15) is 0 Å². The van der Waals surface area contributed by atoms with Gasteiger partial charge in [0.15, 0.2) is 0 Å². The van der Waals surface area contributed by atoms with Gasteiger partial charge in [-0.15, -0.1) is 0 Å². The third-order valence-corrected chi connectivity index (χ3v) is 5.85. The van der Waals surface area contributed by atoms with E-state index in [2.05, 4.69) is 25.8 Å². The Morgan fingerprint density at radius 1 is 1.19 bits per heavy atom. The molecule has 16 heavy (non-hydrogen) atoms. The number of rotatable bonds is 1. The topological polar surface area (TPSA) is 23.5 Å². The van der Waals surface area contributed by atoms with E-state index in [0.29, 0.717) is 17.3 Å². The van der Waals surface area contributed by atoms with Crippen molar-refractivity contribution in [2.45, 2.75) is 39.2 Å². The van der Waals surface area contributed by atoms with E-state index >= 15 is 0 Å². The minimum Gasteiger partial charge on any atom is -0.392 e. The van der Waals surface area contributed by atoms with Crippen LogP contribution >= 0.6 is 0 Å². The Bertz CT molecular complexity index is 274. The predicted octanol–water partition coefficient (Wildman–Crippen LogP) is 1.98. The number of likely N-dealkylation sites (tertiary alicyclic amines) is 1. The molecule has 1 saturated heterocycles. The van der Waals surface area contributed by atoms with Gasteiger partial charge in [-0.1, -0.05) is 13.8 Å². The Hall–Kier alpha value is -0.0800. The highest BCUT2D eigenvalue weighted by Crippen LogP contribution is 2.65. The Labute approximate surface area is 99.0 Å². The average molecular weight is 223 g/mol. The van der Waals surface area contributed by atoms with Crippen molar-refractivity contribution >= 4 is 0 Å². The summed E-state index contributed by atoms with van der Waals surface area (Å²) in [5.74, 6) is 2.79. The molecule has 1 aliphatic heterocycles. The third kappa shape index (κ3) is 1.20. The van der Waals surface area contributed by atoms with Gasteiger partial charge < -0.3 is 10.0 Å². The lowest BCUT2D eigenvalue weighted by molar-refractivity contribution is -0.197. The second-order valence-electron chi connectivity index (χ2n) is 6.86. The molecule has 4 atom stereocenters. The van der Waals surface area contributed by atoms with Gasteiger partial charge in [0.05, 0.1) is 6.10 Å². The van der Waals surface area contributed by atoms with Crippen LogP contribution in [0.15, 0.2) is 0 Å². The van der Waals surface area contributed by atoms with Crippen molar-refractivity contribution in [2.24, 2.45) is 29.1 Å². The molecule has 0 aromatic heterocycles. The van der Waals surface area contributed by atoms with Gasteiger partial charge in [-0.05, 0) is 50.0 Å². The molecule has 2 saturated carbocycles. The molecule has 0 aromatic rings. The van der Waals surface area contributed by atoms with Crippen LogP contribution < -0.4 is 0 Å². The van der Waals surface area contributed by atoms with Crippen LogP contribution in [0.3, 0.4) is 0 Å². The van der Waals surface area contributed by atoms with Crippen LogP contribution in [-0.2, 0) is 0 Å². The molecule has 1 spiro atoms. The number of piperidine rings is 1. The summed E-state index contributed by atoms with van der Waals surface area (Å²) in [5, 5.41) is 10.6. The van der Waals surface area contributed by atoms with E-state index in [1.54, 1.807) is 0 Å². The van der Waals surface area contributed by atoms with Gasteiger partial charge in [0.25, 0.3) is 0 Å². The molecule has 3 aliphatic rings. The molecule has 1 N–H and O–H groups in total. The largest absolute Gasteiger partial charge is 0.392 e. The molecule has 3 rings (SSSR count). The van der Waals surface area contributed by atoms with Crippen molar-refractivity contribution in [2.75, 3.05) is 20.1 Å². The monoisotopic (exact) mass is 223 g/mol. The number of nitrogens with zero attached hydrogens (tertiary/aromatic N) is 1. The molecule has 0 aromatic carbocycles. The highest BCUT2D eigenvalue weighted by Gasteiger charge is 2.65. The first-order valence-corrected chi connectivity index (χ1v) is 6.92. The Balaban J connectivity index is 1.81. The van der Waals surface area contributed by atoms with Crippen molar-refractivity contribution < 1.29 is 5.11 Å². The van der Waals surface area contributed by atoms with Crippen LogP contribution in [0, 0.1) is 29.1 Å². The van der Waals surface area contributed by atoms with Gasteiger partial charge in [-0.25, -0.2) is 0 Å². The van der Waals surface area contributed by atoms with E-state index < -0.39 is 0 Å². The molecule has 2 nitrogen and oxygen atoms in total. The van der Waals surface area contributed by atoms with Crippen molar-refractivity contribution in [1.29, 1.82) is 0 Å². The standard InChI is InChI=1S/C14H25NO/c1-9(2)12-6-14(13(12)16)10-4-5-11(14)8-15(3)7-10/h9-13,16H,4-8H2,1-3H3. The van der Waals surface area contributed by atoms with Crippen molar-refractivity contribution in [3.63, 3.8) is 0 Å². The maximum absolute atomic E-state index is 10.6. The fraction of sp³-hybridized carbons (Fsp3) is 1.00. The van der Waals surface area contributed by atoms with Gasteiger partial charge in [-0.3, -0.25) is 0 Å². The number of hydrogen-bond acceptors (Lipinski definition) is 2. The van der Waals surface area contributed by atoms with Gasteiger partial charge in [0, 0.05) is 18.5 Å². The zero-order chi connectivity index (χ0) is 11.5. The average Bonchev–Trinajstić information content (AvgIpc) is 2.43. The second kappa shape index (κ2) is 3.46. The van der Waals surface area contributed by atoms with Crippen LogP contribution in [0.25, 0.3) is 0 Å². The van der Waals surface area contributed by atoms with Gasteiger partial charge >= 0.3 is 0 Å². The first-order valence-electron chi connectivity index (χ1n) is 6.92. The molecule has 4 unspecified atom stereocenters. The lowest BCUT2D eigenvalue weighted by Gasteiger charge is -2.61. The quantitative estimate of drug-likeness (QED) is 0.735. The number of aliphatic hydroxyl groups is 1. The van der Waals surface area contributed by atoms with Crippen LogP contribution in [0.5, 0.6) is 0 Å². The molecule has 3 fully saturated rings. The molecular weight excluding hydrogens is 198 g/mol. The predicted molar refractivity (Wildman–Crippen MR) is 65.1 cm³/mol. The third-order valence-electron chi connectivity index (χ3n) is 5.85. The first kappa shape index (κ1) is 11.0. The van der Waals surface area contributed by atoms with E-state index in [1.807, 2.05) is 0 Å². The molecular formula is C14H25NO. The molecule has 2 aliphatic carbocycles. The summed E-state index contributed by atoms with van der Waals surface area (Å²) in [4.78, 5) is 2.48. The fourth-order valence-electron chi connectivity index (χ4n) is 4.92. The van der Waals surface area contributed by atoms with Crippen LogP contribution in [0.4, 0.5) is 0 Å². The van der Waals surface area contributed by atoms with E-state index in [1.165, 1.54) is 32.4 Å². The highest BCUT2D eigenvalue weighted by molar-refractivity contribution is 5.14. The van der Waals surface area contributed by atoms with Crippen molar-refractivity contribution in [1.82, 2.24) is 4.90 Å². The summed E-state index contributed by atoms with van der Waals surface area (Å²) < 4.78 is 0. The molecule has 2 heteroatoms. The van der Waals surface area contributed by atoms with E-state index in [-0.39, 0.29) is 6.10 Å². The van der Waals surface area contributed by atoms with E-state index in [0.717, 1.165) is 11.8 Å². The molecule has 0 amide bonds. The molecule has 2 bridgehead atoms. The summed E-state index contributed by atoms with van der Waals surface area (Å²) in [6.45, 7) is 6.96. The summed E-state index contributed by atoms with van der Waals surface area (Å²) in [6, 6.07) is 0. The van der Waals surface area contributed by atoms with E-state index in [9.17, 15) is 5.11 Å². The molecule has 92 valence electrons. The first-order chi connectivity index (χ1) is 7.55. The highest BCUT2D eigenvalue weighted by atomic mass is 16.3. The zero-order valence-electron chi connectivity index (χ0n) is 10.8. The SMILES string of the molecule is CC(C)C1CC2(C3CCC2CN(C)C3)C1O. The van der Waals surface area contributed by atoms with Crippen LogP contribution in [0.2, 0.25) is 0 Å². The summed E-state index contributed by atoms with van der Waals surface area (Å²) in [7, 11) is 2.24. The van der Waals surface area contributed by atoms with Gasteiger partial charge in [0.2, 0.25) is 0 Å². The zero-order valence-corrected chi connectivity index (χ0v) is 10.8. The van der Waals surface area contributed by atoms with Crippen LogP contribution in [-0.4, -0.2) is 36.2 Å². The van der Waals surface area contributed by atoms with E-state index in [4.69, 9.17) is 0 Å². The van der Waals surface area contributed by atoms with Crippen LogP contribution in [0.1, 0.15) is 33.1 Å². The lowest BCUT2D eigenvalue weighted by atomic mass is 9.48. The molecule has 0 radical (unpaired) electrons. The van der Waals surface area contributed by atoms with Crippen molar-refractivity contribution in [3.05, 3.63) is 0 Å². The summed E-state index contributed by atoms with van der Waals surface area (Å²) >= 11 is 0. The minimum absolute atomic E-state index is 0.00120. The molecule has 1 heterocycles. The number of aliphatic hydroxyl groups excluding tert-OH is 1. The maximum Gasteiger partial charge on any atom is 0.0633 e. The minimum atomic E-state index is -0.00120. The van der Waals surface area contributed by atoms with Gasteiger partial charge in [0.1, 0.15) is 0 Å². The summed E-state index contributed by atoms with van der Waals surface area (Å²) in [5.41, 5.74) is 0.335. The lowest BCUT2D eigenvalue weighted by Crippen LogP contribution is -2.64. The van der Waals surface area contributed by atoms with Crippen molar-refractivity contribution in [3.8, 4) is 0 Å². The Morgan fingerprint density at radius 2 is 1.75 bits per heavy atom. The normalized spacial score (nSPS) is 52.3. The second-order valence-corrected chi connectivity index (χ2v) is 6.86. The maximum atomic E-state index is 10.6. The Kier molecular flexibility index (Phi) is 2.38. The summed E-state index contributed by atoms with van der Waals surface area (Å²) in [6.07, 6.45) is 4.02. The smallest absolute Gasteiger partial charge is 0.0633 e. The fourth-order valence-corrected chi connectivity index (χ4v) is 4.92. The Morgan fingerprint density at radius 3 is 2.19 bits per heavy atom. The number of hydrogen-bond donors (Lipinski definition) is 1.